The highest BCUT2D eigenvalue weighted by atomic mass is 32.1. The van der Waals surface area contributed by atoms with Crippen LogP contribution in [0.4, 0.5) is 0 Å². The molecule has 94 valence electrons. The van der Waals surface area contributed by atoms with Crippen molar-refractivity contribution in [1.82, 2.24) is 5.32 Å². The molecule has 5 heteroatoms. The average Bonchev–Trinajstić information content (AvgIpc) is 2.88. The molecule has 17 heavy (non-hydrogen) atoms. The van der Waals surface area contributed by atoms with Crippen LogP contribution in [0.1, 0.15) is 17.7 Å². The fourth-order valence-electron chi connectivity index (χ4n) is 1.74. The lowest BCUT2D eigenvalue weighted by Gasteiger charge is -2.22. The van der Waals surface area contributed by atoms with Crippen LogP contribution >= 0.6 is 11.3 Å². The van der Waals surface area contributed by atoms with Crippen LogP contribution in [-0.2, 0) is 20.9 Å². The summed E-state index contributed by atoms with van der Waals surface area (Å²) in [6.07, 6.45) is 2.14. The van der Waals surface area contributed by atoms with E-state index in [1.807, 2.05) is 17.5 Å². The third-order valence-electron chi connectivity index (χ3n) is 2.68. The van der Waals surface area contributed by atoms with Gasteiger partial charge in [-0.25, -0.2) is 4.79 Å². The predicted octanol–water partition coefficient (Wildman–Crippen LogP) is 1.56. The fraction of sp³-hybridized carbons (Fsp3) is 0.583. The number of carbonyl (C=O) groups is 1. The van der Waals surface area contributed by atoms with Gasteiger partial charge in [-0.05, 0) is 37.4 Å². The second-order valence-corrected chi connectivity index (χ2v) is 5.03. The van der Waals surface area contributed by atoms with E-state index >= 15 is 0 Å². The molecule has 0 atom stereocenters. The Hall–Kier alpha value is -0.910. The maximum atomic E-state index is 11.4. The van der Waals surface area contributed by atoms with E-state index in [0.717, 1.165) is 30.8 Å². The van der Waals surface area contributed by atoms with Crippen molar-refractivity contribution < 1.29 is 14.3 Å². The molecule has 1 aliphatic rings. The standard InChI is InChI=1S/C12H17NO3S/c14-12(16-8-11-2-1-7-17-11)9-15-10-3-5-13-6-4-10/h1-2,7,10,13H,3-6,8-9H2. The van der Waals surface area contributed by atoms with E-state index in [9.17, 15) is 4.79 Å². The van der Waals surface area contributed by atoms with Crippen molar-refractivity contribution in [3.63, 3.8) is 0 Å². The molecule has 1 aliphatic heterocycles. The lowest BCUT2D eigenvalue weighted by Crippen LogP contribution is -2.33. The molecule has 2 rings (SSSR count). The molecule has 1 aromatic rings. The van der Waals surface area contributed by atoms with Gasteiger partial charge in [0.05, 0.1) is 6.10 Å². The van der Waals surface area contributed by atoms with Crippen LogP contribution in [0.15, 0.2) is 17.5 Å². The van der Waals surface area contributed by atoms with Crippen molar-refractivity contribution >= 4 is 17.3 Å². The van der Waals surface area contributed by atoms with E-state index in [1.54, 1.807) is 11.3 Å². The van der Waals surface area contributed by atoms with Crippen LogP contribution in [-0.4, -0.2) is 31.8 Å². The Morgan fingerprint density at radius 2 is 2.29 bits per heavy atom. The van der Waals surface area contributed by atoms with Crippen LogP contribution in [0, 0.1) is 0 Å². The monoisotopic (exact) mass is 255 g/mol. The van der Waals surface area contributed by atoms with Crippen LogP contribution in [0.25, 0.3) is 0 Å². The number of thiophene rings is 1. The predicted molar refractivity (Wildman–Crippen MR) is 66.0 cm³/mol. The lowest BCUT2D eigenvalue weighted by atomic mass is 10.1. The summed E-state index contributed by atoms with van der Waals surface area (Å²) in [5, 5.41) is 5.22. The Morgan fingerprint density at radius 1 is 1.47 bits per heavy atom. The summed E-state index contributed by atoms with van der Waals surface area (Å²) in [6, 6.07) is 3.89. The zero-order valence-corrected chi connectivity index (χ0v) is 10.5. The summed E-state index contributed by atoms with van der Waals surface area (Å²) in [7, 11) is 0. The summed E-state index contributed by atoms with van der Waals surface area (Å²) in [4.78, 5) is 12.5. The third kappa shape index (κ3) is 4.46. The van der Waals surface area contributed by atoms with E-state index in [2.05, 4.69) is 5.32 Å². The summed E-state index contributed by atoms with van der Waals surface area (Å²) in [5.74, 6) is -0.281. The first kappa shape index (κ1) is 12.5. The maximum absolute atomic E-state index is 11.4. The molecule has 0 radical (unpaired) electrons. The van der Waals surface area contributed by atoms with Crippen molar-refractivity contribution in [2.45, 2.75) is 25.6 Å². The number of esters is 1. The Labute approximate surface area is 105 Å². The van der Waals surface area contributed by atoms with Crippen LogP contribution in [0.2, 0.25) is 0 Å². The van der Waals surface area contributed by atoms with Gasteiger partial charge >= 0.3 is 5.97 Å². The second-order valence-electron chi connectivity index (χ2n) is 4.00. The number of ether oxygens (including phenoxy) is 2. The minimum absolute atomic E-state index is 0.0655. The summed E-state index contributed by atoms with van der Waals surface area (Å²) < 4.78 is 10.6. The number of rotatable bonds is 5. The van der Waals surface area contributed by atoms with Crippen molar-refractivity contribution in [1.29, 1.82) is 0 Å². The van der Waals surface area contributed by atoms with Gasteiger partial charge in [-0.3, -0.25) is 0 Å². The van der Waals surface area contributed by atoms with Crippen molar-refractivity contribution in [2.75, 3.05) is 19.7 Å². The highest BCUT2D eigenvalue weighted by Crippen LogP contribution is 2.10. The van der Waals surface area contributed by atoms with E-state index < -0.39 is 0 Å². The number of carbonyl (C=O) groups excluding carboxylic acids is 1. The smallest absolute Gasteiger partial charge is 0.332 e. The molecule has 2 heterocycles. The highest BCUT2D eigenvalue weighted by molar-refractivity contribution is 7.09. The van der Waals surface area contributed by atoms with Gasteiger partial charge < -0.3 is 14.8 Å². The van der Waals surface area contributed by atoms with E-state index in [-0.39, 0.29) is 18.7 Å². The zero-order valence-electron chi connectivity index (χ0n) is 9.69. The minimum Gasteiger partial charge on any atom is -0.458 e. The van der Waals surface area contributed by atoms with Gasteiger partial charge in [0.15, 0.2) is 0 Å². The number of hydrogen-bond donors (Lipinski definition) is 1. The molecule has 4 nitrogen and oxygen atoms in total. The first-order valence-corrected chi connectivity index (χ1v) is 6.73. The highest BCUT2D eigenvalue weighted by Gasteiger charge is 2.15. The van der Waals surface area contributed by atoms with Crippen LogP contribution < -0.4 is 5.32 Å². The SMILES string of the molecule is O=C(COC1CCNCC1)OCc1cccs1. The maximum Gasteiger partial charge on any atom is 0.332 e. The summed E-state index contributed by atoms with van der Waals surface area (Å²) in [6.45, 7) is 2.35. The summed E-state index contributed by atoms with van der Waals surface area (Å²) >= 11 is 1.58. The third-order valence-corrected chi connectivity index (χ3v) is 3.53. The molecule has 0 amide bonds. The number of nitrogens with one attached hydrogen (secondary N) is 1. The molecule has 0 aromatic carbocycles. The van der Waals surface area contributed by atoms with Gasteiger partial charge in [-0.15, -0.1) is 11.3 Å². The second kappa shape index (κ2) is 6.74. The molecular formula is C12H17NO3S. The molecule has 0 unspecified atom stereocenters. The van der Waals surface area contributed by atoms with Crippen LogP contribution in [0.5, 0.6) is 0 Å². The Balaban J connectivity index is 1.60. The molecule has 1 aromatic heterocycles. The minimum atomic E-state index is -0.281. The molecule has 0 bridgehead atoms. The molecular weight excluding hydrogens is 238 g/mol. The Kier molecular flexibility index (Phi) is 4.97. The molecule has 0 spiro atoms. The van der Waals surface area contributed by atoms with E-state index in [4.69, 9.17) is 9.47 Å². The van der Waals surface area contributed by atoms with Gasteiger partial charge in [-0.2, -0.15) is 0 Å². The van der Waals surface area contributed by atoms with Gasteiger partial charge in [0.25, 0.3) is 0 Å². The molecule has 1 fully saturated rings. The van der Waals surface area contributed by atoms with E-state index in [1.165, 1.54) is 0 Å². The number of piperidine rings is 1. The fourth-order valence-corrected chi connectivity index (χ4v) is 2.35. The van der Waals surface area contributed by atoms with Gasteiger partial charge in [0.2, 0.25) is 0 Å². The summed E-state index contributed by atoms with van der Waals surface area (Å²) in [5.41, 5.74) is 0. The van der Waals surface area contributed by atoms with Gasteiger partial charge in [-0.1, -0.05) is 6.07 Å². The Bertz CT molecular complexity index is 334. The van der Waals surface area contributed by atoms with Crippen molar-refractivity contribution in [2.24, 2.45) is 0 Å². The molecule has 1 saturated heterocycles. The zero-order chi connectivity index (χ0) is 11.9. The lowest BCUT2D eigenvalue weighted by molar-refractivity contribution is -0.152. The largest absolute Gasteiger partial charge is 0.458 e. The van der Waals surface area contributed by atoms with Gasteiger partial charge in [0, 0.05) is 4.88 Å². The Morgan fingerprint density at radius 3 is 3.00 bits per heavy atom. The van der Waals surface area contributed by atoms with E-state index in [0.29, 0.717) is 6.61 Å². The van der Waals surface area contributed by atoms with Crippen molar-refractivity contribution in [3.05, 3.63) is 22.4 Å². The van der Waals surface area contributed by atoms with Gasteiger partial charge in [0.1, 0.15) is 13.2 Å². The van der Waals surface area contributed by atoms with Crippen LogP contribution in [0.3, 0.4) is 0 Å². The molecule has 1 N–H and O–H groups in total. The molecule has 0 saturated carbocycles. The molecule has 0 aliphatic carbocycles. The quantitative estimate of drug-likeness (QED) is 0.811. The average molecular weight is 255 g/mol. The first-order valence-electron chi connectivity index (χ1n) is 5.85. The normalized spacial score (nSPS) is 16.9. The topological polar surface area (TPSA) is 47.6 Å². The van der Waals surface area contributed by atoms with Crippen molar-refractivity contribution in [3.8, 4) is 0 Å². The number of hydrogen-bond acceptors (Lipinski definition) is 5. The first-order chi connectivity index (χ1) is 8.34.